The number of halogens is 3. The molecule has 0 fully saturated rings. The zero-order chi connectivity index (χ0) is 11.9. The molecule has 3 nitrogen and oxygen atoms in total. The Kier molecular flexibility index (Phi) is 2.22. The highest BCUT2D eigenvalue weighted by Crippen LogP contribution is 2.25. The van der Waals surface area contributed by atoms with E-state index in [1.807, 2.05) is 0 Å². The number of alkyl halides is 3. The molecule has 1 aromatic carbocycles. The second-order valence-corrected chi connectivity index (χ2v) is 3.43. The Hall–Kier alpha value is -1.85. The van der Waals surface area contributed by atoms with Gasteiger partial charge in [0.2, 0.25) is 5.69 Å². The third-order valence-electron chi connectivity index (χ3n) is 2.12. The zero-order valence-corrected chi connectivity index (χ0v) is 8.22. The number of hydrogen-bond acceptors (Lipinski definition) is 2. The summed E-state index contributed by atoms with van der Waals surface area (Å²) in [7, 11) is 0. The largest absolute Gasteiger partial charge is 0.438 e. The molecule has 0 saturated carbocycles. The number of nitrogens with zero attached hydrogens (tertiary/aromatic N) is 1. The van der Waals surface area contributed by atoms with Gasteiger partial charge in [-0.05, 0) is 24.6 Å². The number of fused-ring (bicyclic) bond motifs is 1. The number of aryl methyl sites for hydroxylation is 1. The van der Waals surface area contributed by atoms with E-state index in [2.05, 4.69) is 9.97 Å². The van der Waals surface area contributed by atoms with Gasteiger partial charge in [-0.25, -0.2) is 4.98 Å². The van der Waals surface area contributed by atoms with Gasteiger partial charge < -0.3 is 4.98 Å². The first-order valence-electron chi connectivity index (χ1n) is 4.46. The Morgan fingerprint density at radius 2 is 2.00 bits per heavy atom. The lowest BCUT2D eigenvalue weighted by atomic mass is 10.2. The summed E-state index contributed by atoms with van der Waals surface area (Å²) in [5.41, 5.74) is -1.37. The van der Waals surface area contributed by atoms with Gasteiger partial charge in [0.1, 0.15) is 0 Å². The van der Waals surface area contributed by atoms with Gasteiger partial charge in [-0.2, -0.15) is 13.2 Å². The standard InChI is InChI=1S/C10H7F3N2O/c1-5-2-3-6-7(4-5)15-9(16)8(14-6)10(11,12)13/h2-4H,1H3,(H,15,16). The van der Waals surface area contributed by atoms with Crippen molar-refractivity contribution in [2.24, 2.45) is 0 Å². The molecule has 0 spiro atoms. The maximum Gasteiger partial charge on any atom is 0.438 e. The zero-order valence-electron chi connectivity index (χ0n) is 8.22. The van der Waals surface area contributed by atoms with Crippen LogP contribution < -0.4 is 5.56 Å². The summed E-state index contributed by atoms with van der Waals surface area (Å²) in [5.74, 6) is 0. The second-order valence-electron chi connectivity index (χ2n) is 3.43. The van der Waals surface area contributed by atoms with Gasteiger partial charge in [-0.15, -0.1) is 0 Å². The lowest BCUT2D eigenvalue weighted by Gasteiger charge is -2.05. The molecule has 84 valence electrons. The van der Waals surface area contributed by atoms with Gasteiger partial charge in [0.15, 0.2) is 0 Å². The molecular weight excluding hydrogens is 221 g/mol. The van der Waals surface area contributed by atoms with Crippen LogP contribution in [0.15, 0.2) is 23.0 Å². The minimum Gasteiger partial charge on any atom is -0.319 e. The highest BCUT2D eigenvalue weighted by atomic mass is 19.4. The van der Waals surface area contributed by atoms with Crippen molar-refractivity contribution in [2.45, 2.75) is 13.1 Å². The van der Waals surface area contributed by atoms with Crippen LogP contribution >= 0.6 is 0 Å². The normalized spacial score (nSPS) is 12.0. The number of benzene rings is 1. The van der Waals surface area contributed by atoms with Gasteiger partial charge in [-0.3, -0.25) is 4.79 Å². The monoisotopic (exact) mass is 228 g/mol. The molecule has 2 rings (SSSR count). The van der Waals surface area contributed by atoms with Gasteiger partial charge in [0.25, 0.3) is 5.56 Å². The van der Waals surface area contributed by atoms with E-state index in [4.69, 9.17) is 0 Å². The summed E-state index contributed by atoms with van der Waals surface area (Å²) in [4.78, 5) is 16.6. The fourth-order valence-electron chi connectivity index (χ4n) is 1.39. The number of H-pyrrole nitrogens is 1. The summed E-state index contributed by atoms with van der Waals surface area (Å²) >= 11 is 0. The second kappa shape index (κ2) is 3.33. The topological polar surface area (TPSA) is 45.8 Å². The molecule has 0 saturated heterocycles. The third-order valence-corrected chi connectivity index (χ3v) is 2.12. The molecule has 1 N–H and O–H groups in total. The van der Waals surface area contributed by atoms with Crippen molar-refractivity contribution < 1.29 is 13.2 Å². The van der Waals surface area contributed by atoms with Crippen molar-refractivity contribution in [2.75, 3.05) is 0 Å². The van der Waals surface area contributed by atoms with Crippen LogP contribution in [0.25, 0.3) is 11.0 Å². The van der Waals surface area contributed by atoms with Crippen LogP contribution in [0.3, 0.4) is 0 Å². The molecule has 0 aliphatic heterocycles. The van der Waals surface area contributed by atoms with Crippen LogP contribution in [-0.4, -0.2) is 9.97 Å². The first-order chi connectivity index (χ1) is 7.38. The van der Waals surface area contributed by atoms with Gasteiger partial charge in [0.05, 0.1) is 11.0 Å². The smallest absolute Gasteiger partial charge is 0.319 e. The van der Waals surface area contributed by atoms with Gasteiger partial charge in [0, 0.05) is 0 Å². The Balaban J connectivity index is 2.78. The van der Waals surface area contributed by atoms with Crippen molar-refractivity contribution in [3.05, 3.63) is 39.8 Å². The molecule has 0 aliphatic rings. The van der Waals surface area contributed by atoms with E-state index in [-0.39, 0.29) is 5.52 Å². The Morgan fingerprint density at radius 3 is 2.62 bits per heavy atom. The lowest BCUT2D eigenvalue weighted by Crippen LogP contribution is -2.23. The molecule has 0 atom stereocenters. The maximum atomic E-state index is 12.4. The maximum absolute atomic E-state index is 12.4. The van der Waals surface area contributed by atoms with Crippen molar-refractivity contribution in [1.29, 1.82) is 0 Å². The van der Waals surface area contributed by atoms with E-state index in [0.29, 0.717) is 5.52 Å². The van der Waals surface area contributed by atoms with Crippen molar-refractivity contribution in [1.82, 2.24) is 9.97 Å². The molecule has 0 radical (unpaired) electrons. The summed E-state index contributed by atoms with van der Waals surface area (Å²) in [6.07, 6.45) is -4.73. The number of nitrogens with one attached hydrogen (secondary N) is 1. The molecule has 0 aliphatic carbocycles. The van der Waals surface area contributed by atoms with E-state index in [1.54, 1.807) is 19.1 Å². The van der Waals surface area contributed by atoms with Crippen LogP contribution in [0, 0.1) is 6.92 Å². The summed E-state index contributed by atoms with van der Waals surface area (Å²) in [6, 6.07) is 4.65. The highest BCUT2D eigenvalue weighted by molar-refractivity contribution is 5.74. The van der Waals surface area contributed by atoms with E-state index in [9.17, 15) is 18.0 Å². The fraction of sp³-hybridized carbons (Fsp3) is 0.200. The first kappa shape index (κ1) is 10.7. The molecule has 0 amide bonds. The molecule has 1 heterocycles. The van der Waals surface area contributed by atoms with Crippen molar-refractivity contribution in [3.63, 3.8) is 0 Å². The Labute approximate surface area is 87.9 Å². The summed E-state index contributed by atoms with van der Waals surface area (Å²) in [6.45, 7) is 1.77. The highest BCUT2D eigenvalue weighted by Gasteiger charge is 2.36. The van der Waals surface area contributed by atoms with Gasteiger partial charge >= 0.3 is 6.18 Å². The number of aromatic amines is 1. The third kappa shape index (κ3) is 1.78. The average Bonchev–Trinajstić information content (AvgIpc) is 2.14. The summed E-state index contributed by atoms with van der Waals surface area (Å²) in [5, 5.41) is 0. The minimum atomic E-state index is -4.73. The van der Waals surface area contributed by atoms with Crippen LogP contribution in [0.4, 0.5) is 13.2 Å². The molecule has 0 bridgehead atoms. The van der Waals surface area contributed by atoms with E-state index in [1.165, 1.54) is 6.07 Å². The molecular formula is C10H7F3N2O. The van der Waals surface area contributed by atoms with E-state index >= 15 is 0 Å². The van der Waals surface area contributed by atoms with Crippen LogP contribution in [-0.2, 0) is 6.18 Å². The lowest BCUT2D eigenvalue weighted by molar-refractivity contribution is -0.142. The SMILES string of the molecule is Cc1ccc2nc(C(F)(F)F)c(=O)[nH]c2c1. The van der Waals surface area contributed by atoms with Gasteiger partial charge in [-0.1, -0.05) is 6.07 Å². The Bertz CT molecular complexity index is 601. The fourth-order valence-corrected chi connectivity index (χ4v) is 1.39. The quantitative estimate of drug-likeness (QED) is 0.751. The van der Waals surface area contributed by atoms with Crippen LogP contribution in [0.5, 0.6) is 0 Å². The number of aromatic nitrogens is 2. The minimum absolute atomic E-state index is 0.123. The van der Waals surface area contributed by atoms with E-state index in [0.717, 1.165) is 5.56 Å². The molecule has 2 aromatic rings. The van der Waals surface area contributed by atoms with E-state index < -0.39 is 17.4 Å². The molecule has 6 heteroatoms. The number of hydrogen-bond donors (Lipinski definition) is 1. The first-order valence-corrected chi connectivity index (χ1v) is 4.46. The van der Waals surface area contributed by atoms with Crippen LogP contribution in [0.2, 0.25) is 0 Å². The van der Waals surface area contributed by atoms with Crippen LogP contribution in [0.1, 0.15) is 11.3 Å². The summed E-state index contributed by atoms with van der Waals surface area (Å²) < 4.78 is 37.1. The molecule has 1 aromatic heterocycles. The average molecular weight is 228 g/mol. The van der Waals surface area contributed by atoms with Crippen molar-refractivity contribution >= 4 is 11.0 Å². The predicted octanol–water partition coefficient (Wildman–Crippen LogP) is 2.25. The molecule has 0 unspecified atom stereocenters. The Morgan fingerprint density at radius 1 is 1.31 bits per heavy atom. The number of rotatable bonds is 0. The molecule has 16 heavy (non-hydrogen) atoms. The van der Waals surface area contributed by atoms with Crippen molar-refractivity contribution in [3.8, 4) is 0 Å². The predicted molar refractivity (Wildman–Crippen MR) is 52.1 cm³/mol.